The summed E-state index contributed by atoms with van der Waals surface area (Å²) in [6.45, 7) is 7.61. The van der Waals surface area contributed by atoms with E-state index in [1.807, 2.05) is 52.6 Å². The van der Waals surface area contributed by atoms with Crippen molar-refractivity contribution in [2.24, 2.45) is 5.92 Å². The van der Waals surface area contributed by atoms with Crippen LogP contribution in [0.4, 0.5) is 0 Å². The molecule has 0 bridgehead atoms. The number of rotatable bonds is 5. The van der Waals surface area contributed by atoms with E-state index >= 15 is 0 Å². The van der Waals surface area contributed by atoms with Gasteiger partial charge in [0, 0.05) is 44.7 Å². The lowest BCUT2D eigenvalue weighted by Gasteiger charge is -2.33. The van der Waals surface area contributed by atoms with Gasteiger partial charge in [-0.3, -0.25) is 9.59 Å². The number of nitrogens with zero attached hydrogens (tertiary/aromatic N) is 5. The number of carbonyl (C=O) groups is 2. The predicted molar refractivity (Wildman–Crippen MR) is 109 cm³/mol. The van der Waals surface area contributed by atoms with E-state index in [1.54, 1.807) is 0 Å². The molecule has 1 aromatic heterocycles. The minimum Gasteiger partial charge on any atom is -0.338 e. The summed E-state index contributed by atoms with van der Waals surface area (Å²) < 4.78 is 1.96. The van der Waals surface area contributed by atoms with E-state index in [9.17, 15) is 9.59 Å². The Morgan fingerprint density at radius 3 is 2.79 bits per heavy atom. The first kappa shape index (κ1) is 19.6. The molecule has 2 aliphatic heterocycles. The van der Waals surface area contributed by atoms with Crippen LogP contribution < -0.4 is 0 Å². The van der Waals surface area contributed by atoms with Crippen LogP contribution in [0.5, 0.6) is 0 Å². The van der Waals surface area contributed by atoms with Gasteiger partial charge in [-0.25, -0.2) is 9.67 Å². The molecular formula is C22H29N5O2. The van der Waals surface area contributed by atoms with Gasteiger partial charge in [-0.15, -0.1) is 0 Å². The Balaban J connectivity index is 1.41. The van der Waals surface area contributed by atoms with Crippen LogP contribution in [0.3, 0.4) is 0 Å². The van der Waals surface area contributed by atoms with Crippen LogP contribution >= 0.6 is 0 Å². The summed E-state index contributed by atoms with van der Waals surface area (Å²) in [5, 5.41) is 4.47. The second-order valence-corrected chi connectivity index (χ2v) is 8.27. The van der Waals surface area contributed by atoms with Crippen LogP contribution in [0.25, 0.3) is 0 Å². The van der Waals surface area contributed by atoms with Gasteiger partial charge < -0.3 is 9.80 Å². The van der Waals surface area contributed by atoms with E-state index in [2.05, 4.69) is 10.1 Å². The lowest BCUT2D eigenvalue weighted by molar-refractivity contribution is -0.128. The highest BCUT2D eigenvalue weighted by atomic mass is 16.2. The van der Waals surface area contributed by atoms with Crippen molar-refractivity contribution in [3.8, 4) is 0 Å². The summed E-state index contributed by atoms with van der Waals surface area (Å²) in [5.41, 5.74) is 1.73. The Labute approximate surface area is 171 Å². The molecule has 2 aliphatic rings. The molecule has 0 aliphatic carbocycles. The van der Waals surface area contributed by atoms with Gasteiger partial charge in [0.2, 0.25) is 5.91 Å². The standard InChI is InChI=1S/C22H29N5O2/c1-16-23-17(2)27(24-16)15-19-7-4-11-26(14-19)22(29)20-8-3-6-18(12-20)13-25-10-5-9-21(25)28/h3,6,8,12,19H,4-5,7,9-11,13-15H2,1-2H3. The zero-order valence-corrected chi connectivity index (χ0v) is 17.3. The molecule has 0 radical (unpaired) electrons. The highest BCUT2D eigenvalue weighted by Crippen LogP contribution is 2.22. The summed E-state index contributed by atoms with van der Waals surface area (Å²) in [4.78, 5) is 33.3. The third-order valence-electron chi connectivity index (χ3n) is 5.92. The number of aromatic nitrogens is 3. The Bertz CT molecular complexity index is 906. The second kappa shape index (κ2) is 8.35. The maximum absolute atomic E-state index is 13.1. The highest BCUT2D eigenvalue weighted by Gasteiger charge is 2.26. The van der Waals surface area contributed by atoms with Crippen LogP contribution in [0.2, 0.25) is 0 Å². The first-order valence-corrected chi connectivity index (χ1v) is 10.5. The molecule has 7 nitrogen and oxygen atoms in total. The van der Waals surface area contributed by atoms with E-state index in [0.29, 0.717) is 24.4 Å². The van der Waals surface area contributed by atoms with Gasteiger partial charge in [0.05, 0.1) is 0 Å². The van der Waals surface area contributed by atoms with Crippen molar-refractivity contribution >= 4 is 11.8 Å². The molecule has 1 unspecified atom stereocenters. The fraction of sp³-hybridized carbons (Fsp3) is 0.545. The van der Waals surface area contributed by atoms with E-state index in [0.717, 1.165) is 62.7 Å². The average molecular weight is 396 g/mol. The first-order valence-electron chi connectivity index (χ1n) is 10.5. The molecule has 1 atom stereocenters. The van der Waals surface area contributed by atoms with Crippen LogP contribution in [0, 0.1) is 19.8 Å². The van der Waals surface area contributed by atoms with Crippen molar-refractivity contribution in [1.29, 1.82) is 0 Å². The quantitative estimate of drug-likeness (QED) is 0.780. The van der Waals surface area contributed by atoms with Crippen LogP contribution in [-0.4, -0.2) is 56.0 Å². The van der Waals surface area contributed by atoms with Gasteiger partial charge in [-0.05, 0) is 56.7 Å². The monoisotopic (exact) mass is 395 g/mol. The van der Waals surface area contributed by atoms with E-state index in [-0.39, 0.29) is 11.8 Å². The van der Waals surface area contributed by atoms with E-state index < -0.39 is 0 Å². The van der Waals surface area contributed by atoms with Gasteiger partial charge in [0.1, 0.15) is 11.6 Å². The minimum atomic E-state index is 0.0794. The molecule has 29 heavy (non-hydrogen) atoms. The van der Waals surface area contributed by atoms with Crippen LogP contribution in [0.1, 0.15) is 53.3 Å². The Kier molecular flexibility index (Phi) is 5.65. The van der Waals surface area contributed by atoms with Crippen molar-refractivity contribution in [2.75, 3.05) is 19.6 Å². The topological polar surface area (TPSA) is 71.3 Å². The van der Waals surface area contributed by atoms with Gasteiger partial charge in [0.15, 0.2) is 0 Å². The maximum atomic E-state index is 13.1. The smallest absolute Gasteiger partial charge is 0.253 e. The summed E-state index contributed by atoms with van der Waals surface area (Å²) in [7, 11) is 0. The number of hydrogen-bond acceptors (Lipinski definition) is 4. The molecule has 4 rings (SSSR count). The van der Waals surface area contributed by atoms with Gasteiger partial charge in [-0.2, -0.15) is 5.10 Å². The van der Waals surface area contributed by atoms with E-state index in [4.69, 9.17) is 0 Å². The van der Waals surface area contributed by atoms with Gasteiger partial charge >= 0.3 is 0 Å². The zero-order chi connectivity index (χ0) is 20.4. The number of amides is 2. The zero-order valence-electron chi connectivity index (χ0n) is 17.3. The number of hydrogen-bond donors (Lipinski definition) is 0. The molecule has 2 saturated heterocycles. The SMILES string of the molecule is Cc1nc(C)n(CC2CCCN(C(=O)c3cccc(CN4CCCC4=O)c3)C2)n1. The fourth-order valence-corrected chi connectivity index (χ4v) is 4.45. The molecule has 154 valence electrons. The molecule has 2 fully saturated rings. The molecule has 2 aromatic rings. The third-order valence-corrected chi connectivity index (χ3v) is 5.92. The highest BCUT2D eigenvalue weighted by molar-refractivity contribution is 5.94. The second-order valence-electron chi connectivity index (χ2n) is 8.27. The first-order chi connectivity index (χ1) is 14.0. The molecule has 7 heteroatoms. The summed E-state index contributed by atoms with van der Waals surface area (Å²) >= 11 is 0. The lowest BCUT2D eigenvalue weighted by Crippen LogP contribution is -2.41. The largest absolute Gasteiger partial charge is 0.338 e. The lowest BCUT2D eigenvalue weighted by atomic mass is 9.97. The van der Waals surface area contributed by atoms with Crippen molar-refractivity contribution in [2.45, 2.75) is 52.6 Å². The van der Waals surface area contributed by atoms with Gasteiger partial charge in [0.25, 0.3) is 5.91 Å². The molecule has 0 saturated carbocycles. The third kappa shape index (κ3) is 4.49. The van der Waals surface area contributed by atoms with Crippen molar-refractivity contribution in [1.82, 2.24) is 24.6 Å². The fourth-order valence-electron chi connectivity index (χ4n) is 4.45. The number of benzene rings is 1. The number of likely N-dealkylation sites (tertiary alicyclic amines) is 2. The summed E-state index contributed by atoms with van der Waals surface area (Å²) in [5.74, 6) is 2.39. The summed E-state index contributed by atoms with van der Waals surface area (Å²) in [6, 6.07) is 7.75. The maximum Gasteiger partial charge on any atom is 0.253 e. The van der Waals surface area contributed by atoms with Crippen molar-refractivity contribution in [3.05, 3.63) is 47.0 Å². The molecule has 0 N–H and O–H groups in total. The minimum absolute atomic E-state index is 0.0794. The molecule has 0 spiro atoms. The number of carbonyl (C=O) groups excluding carboxylic acids is 2. The Morgan fingerprint density at radius 2 is 2.07 bits per heavy atom. The van der Waals surface area contributed by atoms with Crippen LogP contribution in [-0.2, 0) is 17.9 Å². The summed E-state index contributed by atoms with van der Waals surface area (Å²) in [6.07, 6.45) is 3.67. The Morgan fingerprint density at radius 1 is 1.21 bits per heavy atom. The van der Waals surface area contributed by atoms with Crippen LogP contribution in [0.15, 0.2) is 24.3 Å². The molecule has 1 aromatic carbocycles. The number of aryl methyl sites for hydroxylation is 2. The molecule has 2 amide bonds. The average Bonchev–Trinajstić information content (AvgIpc) is 3.25. The molecule has 3 heterocycles. The van der Waals surface area contributed by atoms with Crippen molar-refractivity contribution < 1.29 is 9.59 Å². The molecular weight excluding hydrogens is 366 g/mol. The van der Waals surface area contributed by atoms with E-state index in [1.165, 1.54) is 0 Å². The normalized spacial score (nSPS) is 19.8. The predicted octanol–water partition coefficient (Wildman–Crippen LogP) is 2.57. The Hall–Kier alpha value is -2.70. The van der Waals surface area contributed by atoms with Crippen molar-refractivity contribution in [3.63, 3.8) is 0 Å². The van der Waals surface area contributed by atoms with Gasteiger partial charge in [-0.1, -0.05) is 12.1 Å². The number of piperidine rings is 1.